The van der Waals surface area contributed by atoms with E-state index in [1.807, 2.05) is 0 Å². The molecule has 0 spiro atoms. The van der Waals surface area contributed by atoms with E-state index in [0.29, 0.717) is 22.8 Å². The van der Waals surface area contributed by atoms with E-state index in [-0.39, 0.29) is 11.3 Å². The molecule has 138 valence electrons. The van der Waals surface area contributed by atoms with Crippen LogP contribution in [-0.2, 0) is 4.79 Å². The molecule has 1 aliphatic heterocycles. The summed E-state index contributed by atoms with van der Waals surface area (Å²) in [5.74, 6) is 0.0735. The van der Waals surface area contributed by atoms with E-state index in [0.717, 1.165) is 25.7 Å². The van der Waals surface area contributed by atoms with Crippen LogP contribution < -0.4 is 9.80 Å². The molecule has 1 saturated carbocycles. The number of carbonyl (C=O) groups is 1. The second-order valence-electron chi connectivity index (χ2n) is 6.70. The summed E-state index contributed by atoms with van der Waals surface area (Å²) in [4.78, 5) is 24.8. The van der Waals surface area contributed by atoms with Gasteiger partial charge >= 0.3 is 0 Å². The fraction of sp³-hybridized carbons (Fsp3) is 0.368. The maximum absolute atomic E-state index is 14.0. The number of hydrogen-bond donors (Lipinski definition) is 0. The molecule has 1 aliphatic carbocycles. The summed E-state index contributed by atoms with van der Waals surface area (Å²) in [6, 6.07) is 7.77. The highest BCUT2D eigenvalue weighted by Gasteiger charge is 2.44. The van der Waals surface area contributed by atoms with Crippen molar-refractivity contribution in [3.63, 3.8) is 0 Å². The van der Waals surface area contributed by atoms with E-state index in [2.05, 4.69) is 16.0 Å². The molecule has 1 aromatic carbocycles. The summed E-state index contributed by atoms with van der Waals surface area (Å²) in [6.07, 6.45) is 5.33. The van der Waals surface area contributed by atoms with E-state index >= 15 is 0 Å². The maximum atomic E-state index is 14.0. The van der Waals surface area contributed by atoms with Gasteiger partial charge in [-0.05, 0) is 42.6 Å². The number of carbonyl (C=O) groups excluding carboxylic acids is 1. The molecule has 4 rings (SSSR count). The van der Waals surface area contributed by atoms with Crippen LogP contribution in [0.15, 0.2) is 30.5 Å². The van der Waals surface area contributed by atoms with Crippen LogP contribution in [0.1, 0.15) is 31.2 Å². The number of benzene rings is 1. The highest BCUT2D eigenvalue weighted by atomic mass is 35.5. The maximum Gasteiger partial charge on any atom is 0.257 e. The summed E-state index contributed by atoms with van der Waals surface area (Å²) in [5.41, 5.74) is 1.35. The Hall–Kier alpha value is -2.72. The van der Waals surface area contributed by atoms with Crippen molar-refractivity contribution in [3.8, 4) is 6.07 Å². The van der Waals surface area contributed by atoms with Crippen LogP contribution in [0.5, 0.6) is 0 Å². The van der Waals surface area contributed by atoms with Crippen molar-refractivity contribution in [2.24, 2.45) is 0 Å². The lowest BCUT2D eigenvalue weighted by molar-refractivity contribution is -0.120. The summed E-state index contributed by atoms with van der Waals surface area (Å²) in [7, 11) is 0. The van der Waals surface area contributed by atoms with Gasteiger partial charge in [-0.25, -0.2) is 9.37 Å². The molecule has 0 bridgehead atoms. The lowest BCUT2D eigenvalue weighted by Crippen LogP contribution is -2.56. The molecule has 2 heterocycles. The number of amides is 1. The third kappa shape index (κ3) is 3.00. The van der Waals surface area contributed by atoms with E-state index in [1.165, 1.54) is 11.1 Å². The lowest BCUT2D eigenvalue weighted by atomic mass is 10.0. The third-order valence-electron chi connectivity index (χ3n) is 5.15. The largest absolute Gasteiger partial charge is 0.337 e. The zero-order valence-electron chi connectivity index (χ0n) is 14.5. The number of alkyl halides is 1. The average molecular weight is 386 g/mol. The number of hydrogen-bond acceptors (Lipinski definition) is 5. The smallest absolute Gasteiger partial charge is 0.257 e. The molecule has 8 heteroatoms. The standard InChI is InChI=1S/C19H17ClFN5O/c20-19-23-11-16-17(24-19)25(13-5-1-2-6-13)15(9-21)18(27)26(16)14-7-3-4-12(8-14)10-22/h3-4,7-8,11,13,15H,1-2,5-6,9H2/t15-/m1/s1. The molecule has 1 atom stereocenters. The van der Waals surface area contributed by atoms with Gasteiger partial charge in [0.15, 0.2) is 5.82 Å². The van der Waals surface area contributed by atoms with Gasteiger partial charge in [0, 0.05) is 6.04 Å². The van der Waals surface area contributed by atoms with E-state index in [1.54, 1.807) is 29.2 Å². The van der Waals surface area contributed by atoms with Gasteiger partial charge in [0.1, 0.15) is 18.4 Å². The molecule has 6 nitrogen and oxygen atoms in total. The van der Waals surface area contributed by atoms with Crippen molar-refractivity contribution in [2.75, 3.05) is 16.5 Å². The van der Waals surface area contributed by atoms with Gasteiger partial charge < -0.3 is 4.90 Å². The Morgan fingerprint density at radius 1 is 1.33 bits per heavy atom. The first kappa shape index (κ1) is 17.7. The number of rotatable bonds is 3. The van der Waals surface area contributed by atoms with Crippen molar-refractivity contribution in [2.45, 2.75) is 37.8 Å². The second-order valence-corrected chi connectivity index (χ2v) is 7.04. The van der Waals surface area contributed by atoms with Crippen molar-refractivity contribution >= 4 is 34.7 Å². The normalized spacial score (nSPS) is 19.9. The zero-order valence-corrected chi connectivity index (χ0v) is 15.2. The number of aromatic nitrogens is 2. The van der Waals surface area contributed by atoms with Crippen LogP contribution in [0.25, 0.3) is 0 Å². The minimum Gasteiger partial charge on any atom is -0.337 e. The van der Waals surface area contributed by atoms with Gasteiger partial charge in [-0.15, -0.1) is 0 Å². The average Bonchev–Trinajstić information content (AvgIpc) is 3.21. The number of nitrogens with zero attached hydrogens (tertiary/aromatic N) is 5. The van der Waals surface area contributed by atoms with Crippen LogP contribution in [-0.4, -0.2) is 34.6 Å². The van der Waals surface area contributed by atoms with Gasteiger partial charge in [-0.1, -0.05) is 18.9 Å². The van der Waals surface area contributed by atoms with Crippen molar-refractivity contribution in [3.05, 3.63) is 41.3 Å². The Kier molecular flexibility index (Phi) is 4.66. The Morgan fingerprint density at radius 3 is 2.81 bits per heavy atom. The predicted molar refractivity (Wildman–Crippen MR) is 99.8 cm³/mol. The Bertz CT molecular complexity index is 925. The van der Waals surface area contributed by atoms with Gasteiger partial charge in [0.25, 0.3) is 5.91 Å². The molecule has 2 aromatic rings. The third-order valence-corrected chi connectivity index (χ3v) is 5.33. The topological polar surface area (TPSA) is 73.1 Å². The van der Waals surface area contributed by atoms with Gasteiger partial charge in [0.2, 0.25) is 5.28 Å². The number of fused-ring (bicyclic) bond motifs is 1. The summed E-state index contributed by atoms with van der Waals surface area (Å²) >= 11 is 6.03. The zero-order chi connectivity index (χ0) is 19.0. The molecule has 1 aromatic heterocycles. The first-order valence-electron chi connectivity index (χ1n) is 8.85. The monoisotopic (exact) mass is 385 g/mol. The second kappa shape index (κ2) is 7.12. The summed E-state index contributed by atoms with van der Waals surface area (Å²) in [5, 5.41) is 9.23. The molecule has 0 saturated heterocycles. The van der Waals surface area contributed by atoms with Gasteiger partial charge in [0.05, 0.1) is 23.5 Å². The molecule has 0 unspecified atom stereocenters. The van der Waals surface area contributed by atoms with Crippen LogP contribution in [0.4, 0.5) is 21.6 Å². The first-order valence-corrected chi connectivity index (χ1v) is 9.23. The van der Waals surface area contributed by atoms with Crippen LogP contribution >= 0.6 is 11.6 Å². The van der Waals surface area contributed by atoms with Crippen molar-refractivity contribution in [1.29, 1.82) is 5.26 Å². The molecular formula is C19H17ClFN5O. The van der Waals surface area contributed by atoms with Crippen molar-refractivity contribution in [1.82, 2.24) is 9.97 Å². The Morgan fingerprint density at radius 2 is 2.11 bits per heavy atom. The quantitative estimate of drug-likeness (QED) is 0.752. The number of halogens is 2. The van der Waals surface area contributed by atoms with E-state index < -0.39 is 18.6 Å². The minimum atomic E-state index is -0.975. The fourth-order valence-electron chi connectivity index (χ4n) is 3.96. The molecular weight excluding hydrogens is 369 g/mol. The molecule has 27 heavy (non-hydrogen) atoms. The lowest BCUT2D eigenvalue weighted by Gasteiger charge is -2.43. The van der Waals surface area contributed by atoms with Crippen LogP contribution in [0.3, 0.4) is 0 Å². The predicted octanol–water partition coefficient (Wildman–Crippen LogP) is 3.77. The molecule has 0 N–H and O–H groups in total. The fourth-order valence-corrected chi connectivity index (χ4v) is 4.09. The van der Waals surface area contributed by atoms with Crippen molar-refractivity contribution < 1.29 is 9.18 Å². The Labute approximate surface area is 161 Å². The summed E-state index contributed by atoms with van der Waals surface area (Å²) in [6.45, 7) is -0.829. The molecule has 2 aliphatic rings. The van der Waals surface area contributed by atoms with Crippen LogP contribution in [0.2, 0.25) is 5.28 Å². The number of nitriles is 1. The van der Waals surface area contributed by atoms with Gasteiger partial charge in [-0.3, -0.25) is 9.69 Å². The van der Waals surface area contributed by atoms with Gasteiger partial charge in [-0.2, -0.15) is 10.2 Å². The molecule has 0 radical (unpaired) electrons. The van der Waals surface area contributed by atoms with Crippen LogP contribution in [0, 0.1) is 11.3 Å². The van der Waals surface area contributed by atoms with E-state index in [4.69, 9.17) is 11.6 Å². The first-order chi connectivity index (χ1) is 13.1. The Balaban J connectivity index is 1.89. The minimum absolute atomic E-state index is 0.0482. The summed E-state index contributed by atoms with van der Waals surface area (Å²) < 4.78 is 14.0. The highest BCUT2D eigenvalue weighted by Crippen LogP contribution is 2.42. The molecule has 1 amide bonds. The SMILES string of the molecule is N#Cc1cccc(N2C(=O)[C@@H](CF)N(C3CCCC3)c3nc(Cl)ncc32)c1. The van der Waals surface area contributed by atoms with E-state index in [9.17, 15) is 14.4 Å². The highest BCUT2D eigenvalue weighted by molar-refractivity contribution is 6.28. The molecule has 1 fully saturated rings. The number of anilines is 3.